The molecule has 0 spiro atoms. The van der Waals surface area contributed by atoms with E-state index in [0.29, 0.717) is 5.82 Å². The van der Waals surface area contributed by atoms with Gasteiger partial charge in [0.1, 0.15) is 5.82 Å². The Balaban J connectivity index is 2.74. The second-order valence-corrected chi connectivity index (χ2v) is 2.76. The SMILES string of the molecule is CCc1nc([C@@H](N)[C@@H](C)O)n[nH]1. The first kappa shape index (κ1) is 9.15. The molecule has 1 aromatic rings. The summed E-state index contributed by atoms with van der Waals surface area (Å²) in [5, 5.41) is 15.8. The minimum absolute atomic E-state index is 0.474. The number of hydrogen-bond acceptors (Lipinski definition) is 4. The molecule has 0 aliphatic heterocycles. The van der Waals surface area contributed by atoms with Gasteiger partial charge in [0.2, 0.25) is 0 Å². The average molecular weight is 170 g/mol. The molecular formula is C7H14N4O. The van der Waals surface area contributed by atoms with E-state index in [9.17, 15) is 0 Å². The Kier molecular flexibility index (Phi) is 2.78. The molecule has 0 fully saturated rings. The maximum absolute atomic E-state index is 9.14. The quantitative estimate of drug-likeness (QED) is 0.583. The first-order valence-electron chi connectivity index (χ1n) is 4.00. The van der Waals surface area contributed by atoms with Crippen LogP contribution in [0.25, 0.3) is 0 Å². The van der Waals surface area contributed by atoms with Crippen molar-refractivity contribution in [3.05, 3.63) is 11.6 Å². The molecule has 0 aliphatic rings. The number of H-pyrrole nitrogens is 1. The highest BCUT2D eigenvalue weighted by molar-refractivity contribution is 4.97. The van der Waals surface area contributed by atoms with Crippen LogP contribution in [0.1, 0.15) is 31.5 Å². The van der Waals surface area contributed by atoms with Gasteiger partial charge >= 0.3 is 0 Å². The van der Waals surface area contributed by atoms with Gasteiger partial charge in [-0.3, -0.25) is 5.10 Å². The molecule has 5 heteroatoms. The number of nitrogens with two attached hydrogens (primary N) is 1. The van der Waals surface area contributed by atoms with Gasteiger partial charge in [0.25, 0.3) is 0 Å². The Hall–Kier alpha value is -0.940. The Morgan fingerprint density at radius 2 is 2.33 bits per heavy atom. The maximum Gasteiger partial charge on any atom is 0.169 e. The summed E-state index contributed by atoms with van der Waals surface area (Å²) in [7, 11) is 0. The van der Waals surface area contributed by atoms with E-state index < -0.39 is 12.1 Å². The van der Waals surface area contributed by atoms with Crippen LogP contribution in [0.5, 0.6) is 0 Å². The summed E-state index contributed by atoms with van der Waals surface area (Å²) in [4.78, 5) is 4.10. The smallest absolute Gasteiger partial charge is 0.169 e. The molecule has 0 aromatic carbocycles. The number of nitrogens with one attached hydrogen (secondary N) is 1. The zero-order valence-corrected chi connectivity index (χ0v) is 7.28. The first-order chi connectivity index (χ1) is 5.65. The van der Waals surface area contributed by atoms with Crippen molar-refractivity contribution in [3.8, 4) is 0 Å². The number of nitrogens with zero attached hydrogens (tertiary/aromatic N) is 2. The summed E-state index contributed by atoms with van der Waals surface area (Å²) in [5.41, 5.74) is 5.61. The lowest BCUT2D eigenvalue weighted by molar-refractivity contribution is 0.160. The fraction of sp³-hybridized carbons (Fsp3) is 0.714. The van der Waals surface area contributed by atoms with E-state index in [4.69, 9.17) is 10.8 Å². The summed E-state index contributed by atoms with van der Waals surface area (Å²) >= 11 is 0. The number of rotatable bonds is 3. The number of aromatic nitrogens is 3. The third-order valence-electron chi connectivity index (χ3n) is 1.70. The van der Waals surface area contributed by atoms with E-state index in [1.54, 1.807) is 6.92 Å². The van der Waals surface area contributed by atoms with E-state index in [1.165, 1.54) is 0 Å². The van der Waals surface area contributed by atoms with Crippen molar-refractivity contribution < 1.29 is 5.11 Å². The van der Waals surface area contributed by atoms with Crippen molar-refractivity contribution >= 4 is 0 Å². The molecule has 0 radical (unpaired) electrons. The summed E-state index contributed by atoms with van der Waals surface area (Å²) in [6, 6.07) is -0.499. The molecule has 0 saturated heterocycles. The van der Waals surface area contributed by atoms with Crippen molar-refractivity contribution in [2.45, 2.75) is 32.4 Å². The van der Waals surface area contributed by atoms with Crippen molar-refractivity contribution in [3.63, 3.8) is 0 Å². The highest BCUT2D eigenvalue weighted by Crippen LogP contribution is 2.08. The molecule has 0 saturated carbocycles. The standard InChI is InChI=1S/C7H14N4O/c1-3-5-9-7(11-10-5)6(8)4(2)12/h4,6,12H,3,8H2,1-2H3,(H,9,10,11)/t4-,6+/m1/s1. The van der Waals surface area contributed by atoms with Crippen LogP contribution in [0.4, 0.5) is 0 Å². The zero-order valence-electron chi connectivity index (χ0n) is 7.28. The van der Waals surface area contributed by atoms with Gasteiger partial charge in [-0.05, 0) is 6.92 Å². The van der Waals surface area contributed by atoms with E-state index in [-0.39, 0.29) is 0 Å². The van der Waals surface area contributed by atoms with Gasteiger partial charge < -0.3 is 10.8 Å². The summed E-state index contributed by atoms with van der Waals surface area (Å²) in [5.74, 6) is 1.27. The molecule has 2 atom stereocenters. The predicted molar refractivity (Wildman–Crippen MR) is 44.4 cm³/mol. The van der Waals surface area contributed by atoms with Gasteiger partial charge in [0.15, 0.2) is 5.82 Å². The highest BCUT2D eigenvalue weighted by Gasteiger charge is 2.16. The Morgan fingerprint density at radius 1 is 1.67 bits per heavy atom. The molecule has 1 rings (SSSR count). The van der Waals surface area contributed by atoms with Gasteiger partial charge in [0.05, 0.1) is 12.1 Å². The summed E-state index contributed by atoms with van der Waals surface area (Å²) in [6.07, 6.45) is 0.171. The molecule has 1 aromatic heterocycles. The lowest BCUT2D eigenvalue weighted by Crippen LogP contribution is -2.24. The van der Waals surface area contributed by atoms with Crippen molar-refractivity contribution in [2.24, 2.45) is 5.73 Å². The molecule has 12 heavy (non-hydrogen) atoms. The molecule has 68 valence electrons. The molecule has 1 heterocycles. The minimum Gasteiger partial charge on any atom is -0.391 e. The predicted octanol–water partition coefficient (Wildman–Crippen LogP) is -0.252. The number of hydrogen-bond donors (Lipinski definition) is 3. The number of aliphatic hydroxyl groups excluding tert-OH is 1. The van der Waals surface area contributed by atoms with Gasteiger partial charge in [-0.25, -0.2) is 4.98 Å². The third kappa shape index (κ3) is 1.80. The van der Waals surface area contributed by atoms with E-state index >= 15 is 0 Å². The lowest BCUT2D eigenvalue weighted by Gasteiger charge is -2.09. The monoisotopic (exact) mass is 170 g/mol. The molecule has 4 N–H and O–H groups in total. The topological polar surface area (TPSA) is 87.8 Å². The van der Waals surface area contributed by atoms with Crippen LogP contribution in [0, 0.1) is 0 Å². The summed E-state index contributed by atoms with van der Waals surface area (Å²) < 4.78 is 0. The van der Waals surface area contributed by atoms with Crippen LogP contribution in [0.2, 0.25) is 0 Å². The van der Waals surface area contributed by atoms with Crippen LogP contribution >= 0.6 is 0 Å². The second-order valence-electron chi connectivity index (χ2n) is 2.76. The largest absolute Gasteiger partial charge is 0.391 e. The second kappa shape index (κ2) is 3.64. The Morgan fingerprint density at radius 3 is 2.75 bits per heavy atom. The number of aryl methyl sites for hydroxylation is 1. The molecule has 0 bridgehead atoms. The molecule has 0 amide bonds. The van der Waals surface area contributed by atoms with Crippen molar-refractivity contribution in [1.29, 1.82) is 0 Å². The van der Waals surface area contributed by atoms with E-state index in [2.05, 4.69) is 15.2 Å². The Bertz CT molecular complexity index is 245. The number of aromatic amines is 1. The zero-order chi connectivity index (χ0) is 9.14. The Labute approximate surface area is 71.0 Å². The fourth-order valence-electron chi connectivity index (χ4n) is 0.833. The van der Waals surface area contributed by atoms with Crippen LogP contribution in [0.3, 0.4) is 0 Å². The summed E-state index contributed by atoms with van der Waals surface area (Å²) in [6.45, 7) is 3.59. The fourth-order valence-corrected chi connectivity index (χ4v) is 0.833. The van der Waals surface area contributed by atoms with E-state index in [1.807, 2.05) is 6.92 Å². The minimum atomic E-state index is -0.620. The third-order valence-corrected chi connectivity index (χ3v) is 1.70. The van der Waals surface area contributed by atoms with Crippen LogP contribution in [0.15, 0.2) is 0 Å². The van der Waals surface area contributed by atoms with Gasteiger partial charge in [0, 0.05) is 6.42 Å². The van der Waals surface area contributed by atoms with Crippen molar-refractivity contribution in [2.75, 3.05) is 0 Å². The first-order valence-corrected chi connectivity index (χ1v) is 4.00. The average Bonchev–Trinajstić information content (AvgIpc) is 2.50. The lowest BCUT2D eigenvalue weighted by atomic mass is 10.2. The van der Waals surface area contributed by atoms with Gasteiger partial charge in [-0.15, -0.1) is 0 Å². The van der Waals surface area contributed by atoms with Crippen LogP contribution in [-0.4, -0.2) is 26.4 Å². The normalized spacial score (nSPS) is 16.0. The molecule has 0 unspecified atom stereocenters. The number of aliphatic hydroxyl groups is 1. The molecule has 5 nitrogen and oxygen atoms in total. The van der Waals surface area contributed by atoms with Gasteiger partial charge in [-0.1, -0.05) is 6.92 Å². The van der Waals surface area contributed by atoms with Crippen molar-refractivity contribution in [1.82, 2.24) is 15.2 Å². The molecule has 0 aliphatic carbocycles. The highest BCUT2D eigenvalue weighted by atomic mass is 16.3. The maximum atomic E-state index is 9.14. The molecular weight excluding hydrogens is 156 g/mol. The van der Waals surface area contributed by atoms with Crippen LogP contribution in [-0.2, 0) is 6.42 Å². The van der Waals surface area contributed by atoms with E-state index in [0.717, 1.165) is 12.2 Å². The van der Waals surface area contributed by atoms with Gasteiger partial charge in [-0.2, -0.15) is 5.10 Å². The van der Waals surface area contributed by atoms with Crippen LogP contribution < -0.4 is 5.73 Å².